The molecule has 194 valence electrons. The summed E-state index contributed by atoms with van der Waals surface area (Å²) in [7, 11) is -3.22. The van der Waals surface area contributed by atoms with Gasteiger partial charge in [-0.1, -0.05) is 38.5 Å². The van der Waals surface area contributed by atoms with Crippen LogP contribution in [0.5, 0.6) is 0 Å². The van der Waals surface area contributed by atoms with Crippen LogP contribution in [-0.2, 0) is 14.6 Å². The van der Waals surface area contributed by atoms with E-state index in [0.29, 0.717) is 25.4 Å². The van der Waals surface area contributed by atoms with Crippen molar-refractivity contribution in [1.82, 2.24) is 10.2 Å². The van der Waals surface area contributed by atoms with E-state index in [9.17, 15) is 13.2 Å². The van der Waals surface area contributed by atoms with Crippen LogP contribution in [0.15, 0.2) is 0 Å². The van der Waals surface area contributed by atoms with Gasteiger partial charge < -0.3 is 16.8 Å². The summed E-state index contributed by atoms with van der Waals surface area (Å²) in [6, 6.07) is -0.822. The molecule has 4 aliphatic rings. The number of hydrogen-bond donors (Lipinski definition) is 4. The van der Waals surface area contributed by atoms with E-state index in [0.717, 1.165) is 57.8 Å². The molecular weight excluding hydrogens is 450 g/mol. The topological polar surface area (TPSA) is 142 Å². The molecule has 0 bridgehead atoms. The monoisotopic (exact) mass is 495 g/mol. The molecule has 3 saturated carbocycles. The summed E-state index contributed by atoms with van der Waals surface area (Å²) < 4.78 is 26.3. The fourth-order valence-electron chi connectivity index (χ4n) is 7.14. The van der Waals surface area contributed by atoms with Gasteiger partial charge in [-0.25, -0.2) is 8.42 Å². The zero-order valence-electron chi connectivity index (χ0n) is 20.6. The van der Waals surface area contributed by atoms with Gasteiger partial charge in [0, 0.05) is 31.1 Å². The number of nitrogens with zero attached hydrogens (tertiary/aromatic N) is 1. The van der Waals surface area contributed by atoms with Crippen molar-refractivity contribution in [3.8, 4) is 0 Å². The van der Waals surface area contributed by atoms with E-state index in [-0.39, 0.29) is 46.7 Å². The average Bonchev–Trinajstić information content (AvgIpc) is 3.13. The Hall–Kier alpha value is -1.19. The van der Waals surface area contributed by atoms with Crippen molar-refractivity contribution in [2.45, 2.75) is 107 Å². The first kappa shape index (κ1) is 25.9. The molecule has 4 rings (SSSR count). The normalized spacial score (nSPS) is 34.0. The van der Waals surface area contributed by atoms with E-state index in [4.69, 9.17) is 16.9 Å². The molecule has 34 heavy (non-hydrogen) atoms. The lowest BCUT2D eigenvalue weighted by Gasteiger charge is -2.37. The molecule has 0 aromatic carbocycles. The number of amidine groups is 1. The van der Waals surface area contributed by atoms with Crippen LogP contribution in [0.25, 0.3) is 0 Å². The first-order chi connectivity index (χ1) is 16.3. The molecule has 1 saturated heterocycles. The third-order valence-corrected chi connectivity index (χ3v) is 11.4. The van der Waals surface area contributed by atoms with Gasteiger partial charge in [0.05, 0.1) is 16.8 Å². The summed E-state index contributed by atoms with van der Waals surface area (Å²) >= 11 is 0. The smallest absolute Gasteiger partial charge is 0.239 e. The fourth-order valence-corrected chi connectivity index (χ4v) is 8.99. The Kier molecular flexibility index (Phi) is 8.57. The van der Waals surface area contributed by atoms with Crippen molar-refractivity contribution in [2.24, 2.45) is 29.2 Å². The third-order valence-electron chi connectivity index (χ3n) is 9.20. The molecule has 8 nitrogen and oxygen atoms in total. The molecule has 9 heteroatoms. The molecule has 5 atom stereocenters. The molecule has 5 unspecified atom stereocenters. The maximum atomic E-state index is 13.4. The van der Waals surface area contributed by atoms with E-state index in [1.807, 2.05) is 0 Å². The predicted octanol–water partition coefficient (Wildman–Crippen LogP) is 2.16. The Morgan fingerprint density at radius 2 is 1.62 bits per heavy atom. The molecule has 1 aliphatic heterocycles. The molecule has 0 radical (unpaired) electrons. The Labute approximate surface area is 205 Å². The summed E-state index contributed by atoms with van der Waals surface area (Å²) in [5, 5.41) is 10.9. The van der Waals surface area contributed by atoms with Crippen molar-refractivity contribution in [3.63, 3.8) is 0 Å². The van der Waals surface area contributed by atoms with E-state index in [1.54, 1.807) is 0 Å². The van der Waals surface area contributed by atoms with Gasteiger partial charge in [0.1, 0.15) is 6.04 Å². The predicted molar refractivity (Wildman–Crippen MR) is 135 cm³/mol. The van der Waals surface area contributed by atoms with Crippen LogP contribution in [0.1, 0.15) is 83.5 Å². The lowest BCUT2D eigenvalue weighted by molar-refractivity contribution is -0.126. The number of rotatable bonds is 8. The minimum atomic E-state index is -3.22. The van der Waals surface area contributed by atoms with Crippen LogP contribution in [0, 0.1) is 23.2 Å². The van der Waals surface area contributed by atoms with Gasteiger partial charge in [0.15, 0.2) is 9.84 Å². The molecule has 1 amide bonds. The van der Waals surface area contributed by atoms with Crippen LogP contribution in [0.2, 0.25) is 0 Å². The van der Waals surface area contributed by atoms with Crippen molar-refractivity contribution >= 4 is 21.6 Å². The van der Waals surface area contributed by atoms with E-state index < -0.39 is 15.9 Å². The number of sulfone groups is 1. The first-order valence-electron chi connectivity index (χ1n) is 13.6. The highest BCUT2D eigenvalue weighted by Gasteiger charge is 2.52. The quantitative estimate of drug-likeness (QED) is 0.300. The van der Waals surface area contributed by atoms with Gasteiger partial charge in [0.2, 0.25) is 5.91 Å². The maximum absolute atomic E-state index is 13.4. The summed E-state index contributed by atoms with van der Waals surface area (Å²) in [5.74, 6) is 0.854. The number of fused-ring (bicyclic) bond motifs is 1. The van der Waals surface area contributed by atoms with Crippen molar-refractivity contribution in [3.05, 3.63) is 0 Å². The molecule has 3 aliphatic carbocycles. The Morgan fingerprint density at radius 3 is 2.26 bits per heavy atom. The van der Waals surface area contributed by atoms with E-state index in [1.165, 1.54) is 19.3 Å². The van der Waals surface area contributed by atoms with Crippen LogP contribution in [0.3, 0.4) is 0 Å². The number of carbonyl (C=O) groups is 1. The largest absolute Gasteiger partial charge is 0.387 e. The summed E-state index contributed by atoms with van der Waals surface area (Å²) in [4.78, 5) is 15.5. The van der Waals surface area contributed by atoms with Crippen LogP contribution < -0.4 is 16.8 Å². The number of likely N-dealkylation sites (tertiary alicyclic amines) is 1. The van der Waals surface area contributed by atoms with Gasteiger partial charge in [-0.2, -0.15) is 0 Å². The minimum Gasteiger partial charge on any atom is -0.387 e. The lowest BCUT2D eigenvalue weighted by atomic mass is 9.76. The van der Waals surface area contributed by atoms with Gasteiger partial charge in [-0.3, -0.25) is 15.1 Å². The van der Waals surface area contributed by atoms with Crippen LogP contribution >= 0.6 is 0 Å². The summed E-state index contributed by atoms with van der Waals surface area (Å²) in [6.45, 7) is 1.02. The maximum Gasteiger partial charge on any atom is 0.239 e. The Morgan fingerprint density at radius 1 is 0.971 bits per heavy atom. The van der Waals surface area contributed by atoms with Crippen molar-refractivity contribution in [2.75, 3.05) is 18.8 Å². The van der Waals surface area contributed by atoms with Gasteiger partial charge in [-0.05, 0) is 56.8 Å². The molecular formula is C25H45N5O3S. The van der Waals surface area contributed by atoms with E-state index >= 15 is 0 Å². The summed E-state index contributed by atoms with van der Waals surface area (Å²) in [6.07, 6.45) is 13.0. The SMILES string of the molecule is N=C(N)C1CCC2C(N)C(C(=O)NCC3CCCCC3)N(CCS(=O)(=O)C3CCCCC3)C2C1. The number of hydrogen-bond acceptors (Lipinski definition) is 6. The Balaban J connectivity index is 1.47. The number of nitrogens with two attached hydrogens (primary N) is 2. The van der Waals surface area contributed by atoms with Gasteiger partial charge in [-0.15, -0.1) is 0 Å². The molecule has 4 fully saturated rings. The standard InChI is InChI=1S/C25H45N5O3S/c26-22-20-12-11-18(24(27)28)15-21(20)30(13-14-34(32,33)19-9-5-2-6-10-19)23(22)25(31)29-16-17-7-3-1-4-8-17/h17-23H,1-16,26H2,(H3,27,28)(H,29,31). The molecule has 0 aromatic rings. The van der Waals surface area contributed by atoms with Crippen molar-refractivity contribution in [1.29, 1.82) is 5.41 Å². The number of carbonyl (C=O) groups excluding carboxylic acids is 1. The highest BCUT2D eigenvalue weighted by Crippen LogP contribution is 2.41. The molecule has 1 heterocycles. The number of amides is 1. The molecule has 6 N–H and O–H groups in total. The van der Waals surface area contributed by atoms with Crippen molar-refractivity contribution < 1.29 is 13.2 Å². The molecule has 0 spiro atoms. The zero-order chi connectivity index (χ0) is 24.3. The average molecular weight is 496 g/mol. The van der Waals surface area contributed by atoms with E-state index in [2.05, 4.69) is 10.2 Å². The third kappa shape index (κ3) is 5.78. The highest BCUT2D eigenvalue weighted by molar-refractivity contribution is 7.92. The Bertz CT molecular complexity index is 822. The molecule has 0 aromatic heterocycles. The van der Waals surface area contributed by atoms with Gasteiger partial charge in [0.25, 0.3) is 0 Å². The highest BCUT2D eigenvalue weighted by atomic mass is 32.2. The second-order valence-corrected chi connectivity index (χ2v) is 13.7. The minimum absolute atomic E-state index is 0.00429. The fraction of sp³-hybridized carbons (Fsp3) is 0.920. The lowest BCUT2D eigenvalue weighted by Crippen LogP contribution is -2.54. The second-order valence-electron chi connectivity index (χ2n) is 11.3. The zero-order valence-corrected chi connectivity index (χ0v) is 21.4. The second kappa shape index (κ2) is 11.2. The number of nitrogens with one attached hydrogen (secondary N) is 2. The first-order valence-corrected chi connectivity index (χ1v) is 15.3. The van der Waals surface area contributed by atoms with Crippen LogP contribution in [0.4, 0.5) is 0 Å². The van der Waals surface area contributed by atoms with Gasteiger partial charge >= 0.3 is 0 Å². The van der Waals surface area contributed by atoms with Crippen LogP contribution in [-0.4, -0.2) is 67.3 Å². The summed E-state index contributed by atoms with van der Waals surface area (Å²) in [5.41, 5.74) is 12.6.